The maximum absolute atomic E-state index is 11.5. The summed E-state index contributed by atoms with van der Waals surface area (Å²) in [5, 5.41) is 9.07. The van der Waals surface area contributed by atoms with Crippen LogP contribution < -0.4 is 0 Å². The number of pyridine rings is 1. The van der Waals surface area contributed by atoms with Gasteiger partial charge in [-0.15, -0.1) is 0 Å². The van der Waals surface area contributed by atoms with Crippen molar-refractivity contribution in [1.29, 1.82) is 5.26 Å². The number of hydrogen-bond acceptors (Lipinski definition) is 6. The molecule has 6 nitrogen and oxygen atoms in total. The van der Waals surface area contributed by atoms with E-state index in [1.165, 1.54) is 12.3 Å². The molecule has 106 valence electrons. The third-order valence-corrected chi connectivity index (χ3v) is 2.49. The van der Waals surface area contributed by atoms with Gasteiger partial charge in [-0.3, -0.25) is 9.78 Å². The molecule has 6 heteroatoms. The Hall–Kier alpha value is -2.42. The van der Waals surface area contributed by atoms with E-state index in [9.17, 15) is 9.59 Å². The third kappa shape index (κ3) is 4.35. The predicted molar refractivity (Wildman–Crippen MR) is 69.8 cm³/mol. The van der Waals surface area contributed by atoms with Gasteiger partial charge in [0.25, 0.3) is 0 Å². The Morgan fingerprint density at radius 2 is 2.00 bits per heavy atom. The molecule has 0 aliphatic rings. The lowest BCUT2D eigenvalue weighted by atomic mass is 10.0. The van der Waals surface area contributed by atoms with Gasteiger partial charge in [0, 0.05) is 6.20 Å². The number of rotatable bonds is 6. The van der Waals surface area contributed by atoms with E-state index in [0.29, 0.717) is 11.3 Å². The summed E-state index contributed by atoms with van der Waals surface area (Å²) in [5.41, 5.74) is 0.733. The van der Waals surface area contributed by atoms with Crippen molar-refractivity contribution < 1.29 is 19.1 Å². The fraction of sp³-hybridized carbons (Fsp3) is 0.429. The lowest BCUT2D eigenvalue weighted by Crippen LogP contribution is -2.11. The van der Waals surface area contributed by atoms with Gasteiger partial charge in [0.1, 0.15) is 0 Å². The van der Waals surface area contributed by atoms with Crippen LogP contribution in [0.5, 0.6) is 0 Å². The molecule has 0 aromatic carbocycles. The number of carbonyl (C=O) groups excluding carboxylic acids is 2. The van der Waals surface area contributed by atoms with Crippen LogP contribution in [-0.2, 0) is 14.3 Å². The maximum Gasteiger partial charge on any atom is 0.339 e. The Kier molecular flexibility index (Phi) is 6.17. The summed E-state index contributed by atoms with van der Waals surface area (Å²) in [6, 6.07) is 5.07. The highest BCUT2D eigenvalue weighted by atomic mass is 16.5. The highest BCUT2D eigenvalue weighted by Crippen LogP contribution is 2.17. The van der Waals surface area contributed by atoms with E-state index in [4.69, 9.17) is 14.7 Å². The van der Waals surface area contributed by atoms with Crippen LogP contribution in [0.2, 0.25) is 0 Å². The molecule has 0 radical (unpaired) electrons. The minimum absolute atomic E-state index is 0.0594. The maximum atomic E-state index is 11.5. The number of ether oxygens (including phenoxy) is 2. The van der Waals surface area contributed by atoms with Gasteiger partial charge in [-0.05, 0) is 26.0 Å². The van der Waals surface area contributed by atoms with Crippen LogP contribution in [-0.4, -0.2) is 30.1 Å². The lowest BCUT2D eigenvalue weighted by molar-refractivity contribution is -0.143. The first-order valence-electron chi connectivity index (χ1n) is 6.30. The van der Waals surface area contributed by atoms with Gasteiger partial charge in [-0.2, -0.15) is 5.26 Å². The Morgan fingerprint density at radius 1 is 1.30 bits per heavy atom. The van der Waals surface area contributed by atoms with Crippen LogP contribution in [0.3, 0.4) is 0 Å². The van der Waals surface area contributed by atoms with Crippen molar-refractivity contribution in [3.63, 3.8) is 0 Å². The second-order valence-electron chi connectivity index (χ2n) is 3.88. The van der Waals surface area contributed by atoms with Crippen molar-refractivity contribution in [2.45, 2.75) is 26.2 Å². The Balaban J connectivity index is 2.77. The molecule has 0 saturated carbocycles. The van der Waals surface area contributed by atoms with Crippen LogP contribution in [0.1, 0.15) is 42.2 Å². The summed E-state index contributed by atoms with van der Waals surface area (Å²) in [4.78, 5) is 26.9. The molecular formula is C14H16N2O4. The molecule has 0 bridgehead atoms. The topological polar surface area (TPSA) is 89.3 Å². The number of nitriles is 1. The van der Waals surface area contributed by atoms with Crippen molar-refractivity contribution in [3.05, 3.63) is 29.6 Å². The fourth-order valence-corrected chi connectivity index (χ4v) is 1.55. The molecule has 0 aliphatic carbocycles. The number of nitrogens with zero attached hydrogens (tertiary/aromatic N) is 2. The highest BCUT2D eigenvalue weighted by molar-refractivity contribution is 5.89. The Morgan fingerprint density at radius 3 is 2.50 bits per heavy atom. The third-order valence-electron chi connectivity index (χ3n) is 2.49. The Bertz CT molecular complexity index is 505. The van der Waals surface area contributed by atoms with Crippen LogP contribution in [0.15, 0.2) is 18.3 Å². The van der Waals surface area contributed by atoms with E-state index in [1.807, 2.05) is 6.07 Å². The molecule has 1 heterocycles. The van der Waals surface area contributed by atoms with Crippen LogP contribution >= 0.6 is 0 Å². The monoisotopic (exact) mass is 276 g/mol. The van der Waals surface area contributed by atoms with Crippen molar-refractivity contribution in [3.8, 4) is 6.07 Å². The first-order valence-corrected chi connectivity index (χ1v) is 6.30. The van der Waals surface area contributed by atoms with Gasteiger partial charge in [0.05, 0.1) is 42.9 Å². The summed E-state index contributed by atoms with van der Waals surface area (Å²) in [6.45, 7) is 3.97. The Labute approximate surface area is 117 Å². The minimum Gasteiger partial charge on any atom is -0.466 e. The van der Waals surface area contributed by atoms with E-state index in [-0.39, 0.29) is 19.6 Å². The molecule has 1 atom stereocenters. The van der Waals surface area contributed by atoms with Crippen molar-refractivity contribution in [2.75, 3.05) is 13.2 Å². The predicted octanol–water partition coefficient (Wildman–Crippen LogP) is 1.82. The number of aromatic nitrogens is 1. The molecule has 0 fully saturated rings. The molecule has 20 heavy (non-hydrogen) atoms. The number of carbonyl (C=O) groups is 2. The smallest absolute Gasteiger partial charge is 0.339 e. The average Bonchev–Trinajstić information content (AvgIpc) is 2.45. The van der Waals surface area contributed by atoms with Gasteiger partial charge in [0.15, 0.2) is 0 Å². The first kappa shape index (κ1) is 15.6. The van der Waals surface area contributed by atoms with E-state index < -0.39 is 17.9 Å². The summed E-state index contributed by atoms with van der Waals surface area (Å²) < 4.78 is 9.63. The van der Waals surface area contributed by atoms with Crippen LogP contribution in [0.4, 0.5) is 0 Å². The van der Waals surface area contributed by atoms with Crippen LogP contribution in [0, 0.1) is 11.3 Å². The van der Waals surface area contributed by atoms with Crippen molar-refractivity contribution >= 4 is 11.9 Å². The largest absolute Gasteiger partial charge is 0.466 e. The first-order chi connectivity index (χ1) is 9.62. The quantitative estimate of drug-likeness (QED) is 0.736. The summed E-state index contributed by atoms with van der Waals surface area (Å²) in [6.07, 6.45) is 1.28. The number of hydrogen-bond donors (Lipinski definition) is 0. The lowest BCUT2D eigenvalue weighted by Gasteiger charge is -2.08. The zero-order valence-electron chi connectivity index (χ0n) is 11.5. The minimum atomic E-state index is -0.690. The molecule has 0 amide bonds. The summed E-state index contributed by atoms with van der Waals surface area (Å²) >= 11 is 0. The molecule has 0 spiro atoms. The number of esters is 2. The molecule has 1 aromatic heterocycles. The van der Waals surface area contributed by atoms with Gasteiger partial charge < -0.3 is 9.47 Å². The molecule has 0 aliphatic heterocycles. The average molecular weight is 276 g/mol. The van der Waals surface area contributed by atoms with Gasteiger partial charge in [-0.25, -0.2) is 4.79 Å². The molecular weight excluding hydrogens is 260 g/mol. The highest BCUT2D eigenvalue weighted by Gasteiger charge is 2.18. The van der Waals surface area contributed by atoms with Crippen molar-refractivity contribution in [1.82, 2.24) is 4.98 Å². The van der Waals surface area contributed by atoms with Gasteiger partial charge >= 0.3 is 11.9 Å². The second-order valence-corrected chi connectivity index (χ2v) is 3.88. The van der Waals surface area contributed by atoms with Crippen LogP contribution in [0.25, 0.3) is 0 Å². The second kappa shape index (κ2) is 7.89. The van der Waals surface area contributed by atoms with E-state index in [1.54, 1.807) is 19.9 Å². The van der Waals surface area contributed by atoms with E-state index >= 15 is 0 Å². The fourth-order valence-electron chi connectivity index (χ4n) is 1.55. The zero-order chi connectivity index (χ0) is 15.0. The van der Waals surface area contributed by atoms with Gasteiger partial charge in [0.2, 0.25) is 0 Å². The summed E-state index contributed by atoms with van der Waals surface area (Å²) in [7, 11) is 0. The standard InChI is InChI=1S/C14H16N2O4/c1-3-19-13(17)7-11(8-15)12-6-5-10(9-16-12)14(18)20-4-2/h5-6,9,11H,3-4,7H2,1-2H3. The molecule has 0 N–H and O–H groups in total. The molecule has 1 aromatic rings. The molecule has 1 rings (SSSR count). The molecule has 1 unspecified atom stereocenters. The zero-order valence-corrected chi connectivity index (χ0v) is 11.5. The molecule has 0 saturated heterocycles. The summed E-state index contributed by atoms with van der Waals surface area (Å²) in [5.74, 6) is -1.61. The van der Waals surface area contributed by atoms with Gasteiger partial charge in [-0.1, -0.05) is 0 Å². The SMILES string of the molecule is CCOC(=O)CC(C#N)c1ccc(C(=O)OCC)cn1. The van der Waals surface area contributed by atoms with E-state index in [2.05, 4.69) is 4.98 Å². The normalized spacial score (nSPS) is 11.2. The van der Waals surface area contributed by atoms with E-state index in [0.717, 1.165) is 0 Å². The van der Waals surface area contributed by atoms with Crippen molar-refractivity contribution in [2.24, 2.45) is 0 Å².